The summed E-state index contributed by atoms with van der Waals surface area (Å²) in [5, 5.41) is 44.7. The number of nitrogens with two attached hydrogens (primary N) is 1. The first-order chi connectivity index (χ1) is 12.8. The summed E-state index contributed by atoms with van der Waals surface area (Å²) in [7, 11) is 0. The number of hydrogen-bond acceptors (Lipinski definition) is 7. The van der Waals surface area contributed by atoms with Gasteiger partial charge in [-0.3, -0.25) is 9.59 Å². The van der Waals surface area contributed by atoms with Crippen molar-refractivity contribution in [2.45, 2.75) is 37.9 Å². The number of hydrogen-bond donors (Lipinski definition) is 6. The van der Waals surface area contributed by atoms with Crippen molar-refractivity contribution < 1.29 is 39.9 Å². The predicted molar refractivity (Wildman–Crippen MR) is 98.5 cm³/mol. The van der Waals surface area contributed by atoms with E-state index in [1.54, 1.807) is 13.8 Å². The maximum atomic E-state index is 10.3. The van der Waals surface area contributed by atoms with Crippen molar-refractivity contribution in [1.29, 1.82) is 0 Å². The summed E-state index contributed by atoms with van der Waals surface area (Å²) in [6, 6.07) is 9.55. The lowest BCUT2D eigenvalue weighted by atomic mass is 9.96. The number of carboxylic acid groups (broad SMARTS) is 3. The van der Waals surface area contributed by atoms with Crippen LogP contribution in [0.4, 0.5) is 5.69 Å². The summed E-state index contributed by atoms with van der Waals surface area (Å²) >= 11 is 0. The normalized spacial score (nSPS) is 11.4. The minimum Gasteiger partial charge on any atom is -0.481 e. The monoisotopic (exact) mass is 394 g/mol. The van der Waals surface area contributed by atoms with Gasteiger partial charge in [0.15, 0.2) is 5.60 Å². The van der Waals surface area contributed by atoms with Crippen LogP contribution < -0.4 is 5.73 Å². The van der Waals surface area contributed by atoms with Crippen LogP contribution in [0, 0.1) is 0 Å². The number of rotatable bonds is 6. The van der Waals surface area contributed by atoms with E-state index in [1.807, 2.05) is 30.3 Å². The summed E-state index contributed by atoms with van der Waals surface area (Å²) in [6.07, 6.45) is -2.29. The maximum Gasteiger partial charge on any atom is 0.336 e. The van der Waals surface area contributed by atoms with Crippen molar-refractivity contribution in [1.82, 2.24) is 4.98 Å². The average Bonchev–Trinajstić information content (AvgIpc) is 2.52. The zero-order valence-electron chi connectivity index (χ0n) is 15.3. The Balaban J connectivity index is 0.000000284. The second kappa shape index (κ2) is 8.63. The molecule has 0 amide bonds. The number of aliphatic hydroxyl groups is 2. The van der Waals surface area contributed by atoms with Gasteiger partial charge in [-0.15, -0.1) is 0 Å². The number of anilines is 1. The van der Waals surface area contributed by atoms with Crippen molar-refractivity contribution in [3.05, 3.63) is 36.0 Å². The molecule has 0 unspecified atom stereocenters. The third kappa shape index (κ3) is 6.18. The lowest BCUT2D eigenvalue weighted by molar-refractivity contribution is -0.170. The third-order valence-electron chi connectivity index (χ3n) is 3.62. The first-order valence-corrected chi connectivity index (χ1v) is 8.04. The van der Waals surface area contributed by atoms with Crippen molar-refractivity contribution in [2.75, 3.05) is 5.73 Å². The molecule has 1 aromatic carbocycles. The number of nitrogen functional groups attached to an aromatic ring is 1. The van der Waals surface area contributed by atoms with Crippen LogP contribution in [-0.4, -0.2) is 54.0 Å². The molecule has 1 aromatic heterocycles. The SMILES string of the molecule is CC(C)(O)c1nc2ccccc2cc1N.O=C(O)CC(O)(CC(=O)O)C(=O)O. The highest BCUT2D eigenvalue weighted by Crippen LogP contribution is 2.26. The Bertz CT molecular complexity index is 873. The number of carboxylic acids is 3. The minimum atomic E-state index is -2.74. The van der Waals surface area contributed by atoms with E-state index < -0.39 is 42.0 Å². The van der Waals surface area contributed by atoms with Gasteiger partial charge in [-0.05, 0) is 26.0 Å². The number of pyridine rings is 1. The number of aliphatic carboxylic acids is 3. The molecule has 0 bridgehead atoms. The summed E-state index contributed by atoms with van der Waals surface area (Å²) in [5.41, 5.74) is 4.01. The van der Waals surface area contributed by atoms with Crippen LogP contribution in [0.3, 0.4) is 0 Å². The zero-order chi connectivity index (χ0) is 21.7. The van der Waals surface area contributed by atoms with Gasteiger partial charge in [0.1, 0.15) is 5.60 Å². The van der Waals surface area contributed by atoms with Crippen molar-refractivity contribution >= 4 is 34.5 Å². The van der Waals surface area contributed by atoms with Crippen molar-refractivity contribution in [3.8, 4) is 0 Å². The predicted octanol–water partition coefficient (Wildman–Crippen LogP) is 0.796. The smallest absolute Gasteiger partial charge is 0.336 e. The van der Waals surface area contributed by atoms with E-state index in [2.05, 4.69) is 4.98 Å². The van der Waals surface area contributed by atoms with Crippen LogP contribution >= 0.6 is 0 Å². The number of nitrogens with zero attached hydrogens (tertiary/aromatic N) is 1. The number of carbonyl (C=O) groups is 3. The van der Waals surface area contributed by atoms with Crippen LogP contribution in [0.5, 0.6) is 0 Å². The van der Waals surface area contributed by atoms with E-state index in [9.17, 15) is 19.5 Å². The standard InChI is InChI=1S/C12H14N2O.C6H8O7/c1-12(2,15)11-9(13)7-8-5-3-4-6-10(8)14-11;7-3(8)1-6(13,5(11)12)2-4(9)10/h3-7,15H,13H2,1-2H3;13H,1-2H2,(H,7,8)(H,9,10)(H,11,12). The lowest BCUT2D eigenvalue weighted by Gasteiger charge is -2.19. The van der Waals surface area contributed by atoms with Crippen molar-refractivity contribution in [2.24, 2.45) is 0 Å². The van der Waals surface area contributed by atoms with Gasteiger partial charge in [0.05, 0.1) is 29.7 Å². The summed E-state index contributed by atoms with van der Waals surface area (Å²) in [6.45, 7) is 3.36. The van der Waals surface area contributed by atoms with Gasteiger partial charge >= 0.3 is 17.9 Å². The van der Waals surface area contributed by atoms with Gasteiger partial charge in [0, 0.05) is 5.39 Å². The maximum absolute atomic E-state index is 10.3. The molecule has 7 N–H and O–H groups in total. The molecule has 10 nitrogen and oxygen atoms in total. The molecule has 0 atom stereocenters. The highest BCUT2D eigenvalue weighted by atomic mass is 16.4. The third-order valence-corrected chi connectivity index (χ3v) is 3.62. The van der Waals surface area contributed by atoms with E-state index in [0.717, 1.165) is 10.9 Å². The summed E-state index contributed by atoms with van der Waals surface area (Å²) in [5.74, 6) is -5.02. The Hall–Kier alpha value is -3.24. The molecule has 0 spiro atoms. The van der Waals surface area contributed by atoms with Crippen molar-refractivity contribution in [3.63, 3.8) is 0 Å². The first kappa shape index (κ1) is 22.8. The molecule has 2 aromatic rings. The van der Waals surface area contributed by atoms with Crippen LogP contribution in [0.15, 0.2) is 30.3 Å². The molecular weight excluding hydrogens is 372 g/mol. The second-order valence-corrected chi connectivity index (χ2v) is 6.66. The Morgan fingerprint density at radius 1 is 1.00 bits per heavy atom. The molecule has 0 saturated carbocycles. The van der Waals surface area contributed by atoms with Crippen LogP contribution in [0.1, 0.15) is 32.4 Å². The topological polar surface area (TPSA) is 191 Å². The van der Waals surface area contributed by atoms with E-state index in [0.29, 0.717) is 11.4 Å². The summed E-state index contributed by atoms with van der Waals surface area (Å²) < 4.78 is 0. The van der Waals surface area contributed by atoms with E-state index in [-0.39, 0.29) is 0 Å². The number of para-hydroxylation sites is 1. The summed E-state index contributed by atoms with van der Waals surface area (Å²) in [4.78, 5) is 34.9. The zero-order valence-corrected chi connectivity index (χ0v) is 15.3. The van der Waals surface area contributed by atoms with Gasteiger partial charge in [-0.1, -0.05) is 18.2 Å². The van der Waals surface area contributed by atoms with Crippen LogP contribution in [-0.2, 0) is 20.0 Å². The molecule has 0 aliphatic rings. The van der Waals surface area contributed by atoms with Gasteiger partial charge in [0.2, 0.25) is 0 Å². The fourth-order valence-electron chi connectivity index (χ4n) is 2.34. The fraction of sp³-hybridized carbons (Fsp3) is 0.333. The number of fused-ring (bicyclic) bond motifs is 1. The second-order valence-electron chi connectivity index (χ2n) is 6.66. The molecule has 2 rings (SSSR count). The quantitative estimate of drug-likeness (QED) is 0.408. The molecule has 152 valence electrons. The lowest BCUT2D eigenvalue weighted by Crippen LogP contribution is -2.42. The number of aromatic nitrogens is 1. The Labute approximate surface area is 159 Å². The highest BCUT2D eigenvalue weighted by molar-refractivity contribution is 5.88. The molecular formula is C18H22N2O8. The molecule has 0 aliphatic heterocycles. The highest BCUT2D eigenvalue weighted by Gasteiger charge is 2.40. The molecule has 0 fully saturated rings. The first-order valence-electron chi connectivity index (χ1n) is 8.04. The van der Waals surface area contributed by atoms with Gasteiger partial charge in [-0.25, -0.2) is 9.78 Å². The van der Waals surface area contributed by atoms with E-state index >= 15 is 0 Å². The number of benzene rings is 1. The van der Waals surface area contributed by atoms with Gasteiger partial charge < -0.3 is 31.3 Å². The molecule has 0 saturated heterocycles. The largest absolute Gasteiger partial charge is 0.481 e. The molecule has 28 heavy (non-hydrogen) atoms. The van der Waals surface area contributed by atoms with Crippen LogP contribution in [0.25, 0.3) is 10.9 Å². The molecule has 0 radical (unpaired) electrons. The fourth-order valence-corrected chi connectivity index (χ4v) is 2.34. The van der Waals surface area contributed by atoms with E-state index in [1.165, 1.54) is 0 Å². The Morgan fingerprint density at radius 3 is 1.93 bits per heavy atom. The van der Waals surface area contributed by atoms with Crippen LogP contribution in [0.2, 0.25) is 0 Å². The average molecular weight is 394 g/mol. The Morgan fingerprint density at radius 2 is 1.50 bits per heavy atom. The van der Waals surface area contributed by atoms with E-state index in [4.69, 9.17) is 26.2 Å². The molecule has 1 heterocycles. The van der Waals surface area contributed by atoms with Gasteiger partial charge in [0.25, 0.3) is 0 Å². The minimum absolute atomic E-state index is 0.529. The Kier molecular flexibility index (Phi) is 7.03. The molecule has 0 aliphatic carbocycles. The van der Waals surface area contributed by atoms with Gasteiger partial charge in [-0.2, -0.15) is 0 Å². The molecule has 10 heteroatoms.